The summed E-state index contributed by atoms with van der Waals surface area (Å²) in [6.45, 7) is 0. The number of hydrogen-bond acceptors (Lipinski definition) is 2. The Kier molecular flexibility index (Phi) is 2.16. The lowest BCUT2D eigenvalue weighted by atomic mass is 10.0. The number of fused-ring (bicyclic) bond motifs is 3. The molecule has 0 unspecified atom stereocenters. The van der Waals surface area contributed by atoms with E-state index in [1.54, 1.807) is 6.07 Å². The minimum atomic E-state index is -1.22. The molecule has 3 aromatic rings. The number of pyridine rings is 1. The van der Waals surface area contributed by atoms with Crippen LogP contribution in [0.1, 0.15) is 10.4 Å². The number of aromatic amines is 1. The first-order chi connectivity index (χ1) is 8.66. The summed E-state index contributed by atoms with van der Waals surface area (Å²) in [4.78, 5) is 25.2. The van der Waals surface area contributed by atoms with Gasteiger partial charge in [0.1, 0.15) is 5.56 Å². The average molecular weight is 239 g/mol. The van der Waals surface area contributed by atoms with E-state index in [1.807, 2.05) is 30.3 Å². The van der Waals surface area contributed by atoms with Gasteiger partial charge in [-0.25, -0.2) is 4.79 Å². The number of nitrogens with one attached hydrogen (secondary N) is 1. The SMILES string of the molecule is O=C(O)c1cc2c(ccc3ccccc32)[nH]c1=O. The standard InChI is InChI=1S/C14H9NO3/c16-13-11(14(17)18)7-10-9-4-2-1-3-8(9)5-6-12(10)15-13/h1-7H,(H,15,16)(H,17,18). The summed E-state index contributed by atoms with van der Waals surface area (Å²) in [7, 11) is 0. The highest BCUT2D eigenvalue weighted by atomic mass is 16.4. The fourth-order valence-electron chi connectivity index (χ4n) is 2.12. The van der Waals surface area contributed by atoms with Crippen LogP contribution in [0, 0.1) is 0 Å². The van der Waals surface area contributed by atoms with Gasteiger partial charge in [-0.15, -0.1) is 0 Å². The van der Waals surface area contributed by atoms with Crippen LogP contribution in [0.25, 0.3) is 21.7 Å². The van der Waals surface area contributed by atoms with Crippen LogP contribution in [-0.4, -0.2) is 16.1 Å². The molecule has 0 saturated carbocycles. The summed E-state index contributed by atoms with van der Waals surface area (Å²) in [6.07, 6.45) is 0. The van der Waals surface area contributed by atoms with Crippen LogP contribution in [0.5, 0.6) is 0 Å². The molecule has 88 valence electrons. The minimum absolute atomic E-state index is 0.237. The topological polar surface area (TPSA) is 70.2 Å². The summed E-state index contributed by atoms with van der Waals surface area (Å²) < 4.78 is 0. The van der Waals surface area contributed by atoms with E-state index in [9.17, 15) is 9.59 Å². The van der Waals surface area contributed by atoms with E-state index in [0.29, 0.717) is 5.52 Å². The van der Waals surface area contributed by atoms with Crippen molar-refractivity contribution in [3.8, 4) is 0 Å². The molecule has 1 aromatic heterocycles. The zero-order valence-electron chi connectivity index (χ0n) is 9.31. The van der Waals surface area contributed by atoms with Gasteiger partial charge < -0.3 is 10.1 Å². The third-order valence-corrected chi connectivity index (χ3v) is 2.98. The normalized spacial score (nSPS) is 10.9. The third kappa shape index (κ3) is 1.47. The maximum absolute atomic E-state index is 11.6. The highest BCUT2D eigenvalue weighted by Gasteiger charge is 2.11. The molecule has 18 heavy (non-hydrogen) atoms. The van der Waals surface area contributed by atoms with Crippen LogP contribution in [0.4, 0.5) is 0 Å². The lowest BCUT2D eigenvalue weighted by molar-refractivity contribution is 0.0695. The number of aromatic nitrogens is 1. The fraction of sp³-hybridized carbons (Fsp3) is 0. The fourth-order valence-corrected chi connectivity index (χ4v) is 2.12. The van der Waals surface area contributed by atoms with Gasteiger partial charge in [-0.05, 0) is 22.9 Å². The molecule has 0 aliphatic heterocycles. The van der Waals surface area contributed by atoms with E-state index in [-0.39, 0.29) is 5.56 Å². The number of rotatable bonds is 1. The smallest absolute Gasteiger partial charge is 0.341 e. The van der Waals surface area contributed by atoms with Crippen molar-refractivity contribution in [1.82, 2.24) is 4.98 Å². The molecule has 0 aliphatic carbocycles. The van der Waals surface area contributed by atoms with Crippen molar-refractivity contribution in [3.05, 3.63) is 58.4 Å². The number of carboxylic acids is 1. The van der Waals surface area contributed by atoms with Crippen molar-refractivity contribution in [2.45, 2.75) is 0 Å². The second kappa shape index (κ2) is 3.70. The van der Waals surface area contributed by atoms with Crippen molar-refractivity contribution in [2.24, 2.45) is 0 Å². The third-order valence-electron chi connectivity index (χ3n) is 2.98. The average Bonchev–Trinajstić information content (AvgIpc) is 2.37. The lowest BCUT2D eigenvalue weighted by Gasteiger charge is -2.04. The Balaban J connectivity index is 2.53. The van der Waals surface area contributed by atoms with Gasteiger partial charge in [-0.3, -0.25) is 4.79 Å². The quantitative estimate of drug-likeness (QED) is 0.640. The first-order valence-corrected chi connectivity index (χ1v) is 5.45. The molecule has 2 N–H and O–H groups in total. The number of aromatic carboxylic acids is 1. The molecule has 1 heterocycles. The summed E-state index contributed by atoms with van der Waals surface area (Å²) >= 11 is 0. The van der Waals surface area contributed by atoms with Crippen molar-refractivity contribution in [3.63, 3.8) is 0 Å². The van der Waals surface area contributed by atoms with E-state index >= 15 is 0 Å². The van der Waals surface area contributed by atoms with Crippen LogP contribution >= 0.6 is 0 Å². The highest BCUT2D eigenvalue weighted by molar-refractivity contribution is 6.07. The molecule has 2 aromatic carbocycles. The minimum Gasteiger partial charge on any atom is -0.477 e. The van der Waals surface area contributed by atoms with Crippen LogP contribution in [0.15, 0.2) is 47.3 Å². The molecular formula is C14H9NO3. The highest BCUT2D eigenvalue weighted by Crippen LogP contribution is 2.23. The lowest BCUT2D eigenvalue weighted by Crippen LogP contribution is -2.16. The Morgan fingerprint density at radius 2 is 1.83 bits per heavy atom. The zero-order chi connectivity index (χ0) is 12.7. The summed E-state index contributed by atoms with van der Waals surface area (Å²) in [6, 6.07) is 12.8. The van der Waals surface area contributed by atoms with Gasteiger partial charge in [-0.1, -0.05) is 30.3 Å². The van der Waals surface area contributed by atoms with Gasteiger partial charge in [0.05, 0.1) is 0 Å². The number of carbonyl (C=O) groups is 1. The number of hydrogen-bond donors (Lipinski definition) is 2. The summed E-state index contributed by atoms with van der Waals surface area (Å²) in [5.41, 5.74) is -0.173. The zero-order valence-corrected chi connectivity index (χ0v) is 9.31. The van der Waals surface area contributed by atoms with Crippen LogP contribution in [0.3, 0.4) is 0 Å². The van der Waals surface area contributed by atoms with Crippen molar-refractivity contribution in [1.29, 1.82) is 0 Å². The molecule has 0 amide bonds. The van der Waals surface area contributed by atoms with Crippen LogP contribution in [-0.2, 0) is 0 Å². The predicted octanol–water partition coefficient (Wildman–Crippen LogP) is 2.38. The molecule has 4 nitrogen and oxygen atoms in total. The van der Waals surface area contributed by atoms with Crippen molar-refractivity contribution < 1.29 is 9.90 Å². The molecule has 0 atom stereocenters. The first-order valence-electron chi connectivity index (χ1n) is 5.45. The van der Waals surface area contributed by atoms with Crippen LogP contribution < -0.4 is 5.56 Å². The van der Waals surface area contributed by atoms with Crippen molar-refractivity contribution >= 4 is 27.6 Å². The second-order valence-corrected chi connectivity index (χ2v) is 4.07. The largest absolute Gasteiger partial charge is 0.477 e. The van der Waals surface area contributed by atoms with E-state index < -0.39 is 11.5 Å². The Bertz CT molecular complexity index is 833. The molecule has 0 aliphatic rings. The molecule has 0 radical (unpaired) electrons. The monoisotopic (exact) mass is 239 g/mol. The Morgan fingerprint density at radius 3 is 2.61 bits per heavy atom. The van der Waals surface area contributed by atoms with Gasteiger partial charge in [0.2, 0.25) is 0 Å². The second-order valence-electron chi connectivity index (χ2n) is 4.07. The predicted molar refractivity (Wildman–Crippen MR) is 69.0 cm³/mol. The van der Waals surface area contributed by atoms with Crippen molar-refractivity contribution in [2.75, 3.05) is 0 Å². The number of benzene rings is 2. The van der Waals surface area contributed by atoms with Crippen LogP contribution in [0.2, 0.25) is 0 Å². The first kappa shape index (κ1) is 10.5. The molecule has 0 spiro atoms. The van der Waals surface area contributed by atoms with Gasteiger partial charge in [-0.2, -0.15) is 0 Å². The van der Waals surface area contributed by atoms with Gasteiger partial charge in [0, 0.05) is 10.9 Å². The van der Waals surface area contributed by atoms with Gasteiger partial charge in [0.15, 0.2) is 0 Å². The van der Waals surface area contributed by atoms with E-state index in [2.05, 4.69) is 4.98 Å². The maximum Gasteiger partial charge on any atom is 0.341 e. The molecule has 0 bridgehead atoms. The Labute approximate surface area is 101 Å². The number of H-pyrrole nitrogens is 1. The Morgan fingerprint density at radius 1 is 1.06 bits per heavy atom. The number of carboxylic acid groups (broad SMARTS) is 1. The molecule has 0 fully saturated rings. The van der Waals surface area contributed by atoms with Gasteiger partial charge in [0.25, 0.3) is 5.56 Å². The van der Waals surface area contributed by atoms with Gasteiger partial charge >= 0.3 is 5.97 Å². The Hall–Kier alpha value is -2.62. The molecular weight excluding hydrogens is 230 g/mol. The van der Waals surface area contributed by atoms with E-state index in [0.717, 1.165) is 16.2 Å². The summed E-state index contributed by atoms with van der Waals surface area (Å²) in [5.74, 6) is -1.22. The maximum atomic E-state index is 11.6. The molecule has 0 saturated heterocycles. The summed E-state index contributed by atoms with van der Waals surface area (Å²) in [5, 5.41) is 11.7. The molecule has 4 heteroatoms. The molecule has 3 rings (SSSR count). The van der Waals surface area contributed by atoms with E-state index in [4.69, 9.17) is 5.11 Å². The van der Waals surface area contributed by atoms with E-state index in [1.165, 1.54) is 6.07 Å².